The first-order valence-corrected chi connectivity index (χ1v) is 4.13. The van der Waals surface area contributed by atoms with Gasteiger partial charge in [-0.15, -0.1) is 6.58 Å². The van der Waals surface area contributed by atoms with Gasteiger partial charge < -0.3 is 9.84 Å². The highest BCUT2D eigenvalue weighted by atomic mass is 16.5. The molecule has 13 heavy (non-hydrogen) atoms. The lowest BCUT2D eigenvalue weighted by Crippen LogP contribution is -1.94. The zero-order valence-electron chi connectivity index (χ0n) is 7.95. The van der Waals surface area contributed by atoms with Gasteiger partial charge in [0.1, 0.15) is 5.75 Å². The molecule has 1 aromatic carbocycles. The fraction of sp³-hybridized carbons (Fsp3) is 0.273. The standard InChI is InChI=1S/C11H14O2/c1-4-11(12)9-5-8(2)6-10(7-9)13-3/h4-7,11-12H,1H2,2-3H3. The van der Waals surface area contributed by atoms with Crippen LogP contribution in [0.5, 0.6) is 5.75 Å². The fourth-order valence-electron chi connectivity index (χ4n) is 1.20. The van der Waals surface area contributed by atoms with Gasteiger partial charge in [-0.25, -0.2) is 0 Å². The average Bonchev–Trinajstić information content (AvgIpc) is 2.15. The summed E-state index contributed by atoms with van der Waals surface area (Å²) in [5.41, 5.74) is 1.88. The molecule has 0 amide bonds. The number of aliphatic hydroxyl groups excluding tert-OH is 1. The molecule has 0 aliphatic rings. The maximum Gasteiger partial charge on any atom is 0.119 e. The van der Waals surface area contributed by atoms with E-state index in [0.29, 0.717) is 0 Å². The Morgan fingerprint density at radius 3 is 2.69 bits per heavy atom. The zero-order valence-corrected chi connectivity index (χ0v) is 7.95. The molecule has 0 spiro atoms. The van der Waals surface area contributed by atoms with Crippen LogP contribution in [-0.2, 0) is 0 Å². The molecule has 1 atom stereocenters. The molecule has 1 N–H and O–H groups in total. The Kier molecular flexibility index (Phi) is 3.09. The van der Waals surface area contributed by atoms with E-state index >= 15 is 0 Å². The van der Waals surface area contributed by atoms with Gasteiger partial charge in [-0.05, 0) is 30.2 Å². The van der Waals surface area contributed by atoms with Gasteiger partial charge in [0.15, 0.2) is 0 Å². The average molecular weight is 178 g/mol. The summed E-state index contributed by atoms with van der Waals surface area (Å²) in [6, 6.07) is 5.63. The normalized spacial score (nSPS) is 12.2. The van der Waals surface area contributed by atoms with Crippen molar-refractivity contribution in [3.63, 3.8) is 0 Å². The molecule has 0 aliphatic carbocycles. The zero-order chi connectivity index (χ0) is 9.84. The van der Waals surface area contributed by atoms with E-state index in [1.54, 1.807) is 13.2 Å². The summed E-state index contributed by atoms with van der Waals surface area (Å²) >= 11 is 0. The van der Waals surface area contributed by atoms with Crippen molar-refractivity contribution in [2.24, 2.45) is 0 Å². The molecule has 0 bridgehead atoms. The third-order valence-electron chi connectivity index (χ3n) is 1.87. The van der Waals surface area contributed by atoms with Crippen molar-refractivity contribution in [1.82, 2.24) is 0 Å². The topological polar surface area (TPSA) is 29.5 Å². The van der Waals surface area contributed by atoms with Gasteiger partial charge in [-0.1, -0.05) is 12.1 Å². The minimum absolute atomic E-state index is 0.617. The quantitative estimate of drug-likeness (QED) is 0.719. The van der Waals surface area contributed by atoms with Gasteiger partial charge in [0.05, 0.1) is 13.2 Å². The highest BCUT2D eigenvalue weighted by molar-refractivity contribution is 5.35. The molecule has 0 fully saturated rings. The number of benzene rings is 1. The van der Waals surface area contributed by atoms with E-state index in [4.69, 9.17) is 4.74 Å². The van der Waals surface area contributed by atoms with E-state index < -0.39 is 6.10 Å². The third kappa shape index (κ3) is 2.33. The highest BCUT2D eigenvalue weighted by Gasteiger charge is 2.04. The van der Waals surface area contributed by atoms with Gasteiger partial charge in [0.2, 0.25) is 0 Å². The van der Waals surface area contributed by atoms with Gasteiger partial charge in [-0.3, -0.25) is 0 Å². The largest absolute Gasteiger partial charge is 0.497 e. The van der Waals surface area contributed by atoms with Crippen molar-refractivity contribution in [3.05, 3.63) is 42.0 Å². The van der Waals surface area contributed by atoms with E-state index in [1.165, 1.54) is 6.08 Å². The summed E-state index contributed by atoms with van der Waals surface area (Å²) in [5.74, 6) is 0.760. The molecule has 0 saturated heterocycles. The van der Waals surface area contributed by atoms with Crippen molar-refractivity contribution >= 4 is 0 Å². The van der Waals surface area contributed by atoms with E-state index in [-0.39, 0.29) is 0 Å². The highest BCUT2D eigenvalue weighted by Crippen LogP contribution is 2.21. The predicted octanol–water partition coefficient (Wildman–Crippen LogP) is 2.22. The molecule has 0 saturated carbocycles. The van der Waals surface area contributed by atoms with Gasteiger partial charge >= 0.3 is 0 Å². The smallest absolute Gasteiger partial charge is 0.119 e. The molecule has 2 heteroatoms. The van der Waals surface area contributed by atoms with Crippen LogP contribution in [0.1, 0.15) is 17.2 Å². The Hall–Kier alpha value is -1.28. The Balaban J connectivity index is 3.07. The molecule has 0 radical (unpaired) electrons. The van der Waals surface area contributed by atoms with Crippen LogP contribution < -0.4 is 4.74 Å². The summed E-state index contributed by atoms with van der Waals surface area (Å²) < 4.78 is 5.08. The first-order chi connectivity index (χ1) is 6.17. The minimum atomic E-state index is -0.617. The van der Waals surface area contributed by atoms with E-state index in [0.717, 1.165) is 16.9 Å². The van der Waals surface area contributed by atoms with Gasteiger partial charge in [-0.2, -0.15) is 0 Å². The van der Waals surface area contributed by atoms with Crippen LogP contribution in [0.2, 0.25) is 0 Å². The van der Waals surface area contributed by atoms with Crippen LogP contribution in [0.25, 0.3) is 0 Å². The lowest BCUT2D eigenvalue weighted by Gasteiger charge is -2.09. The van der Waals surface area contributed by atoms with Crippen molar-refractivity contribution in [1.29, 1.82) is 0 Å². The van der Waals surface area contributed by atoms with E-state index in [9.17, 15) is 5.11 Å². The molecule has 1 aromatic rings. The number of rotatable bonds is 3. The van der Waals surface area contributed by atoms with Gasteiger partial charge in [0.25, 0.3) is 0 Å². The van der Waals surface area contributed by atoms with E-state index in [2.05, 4.69) is 6.58 Å². The van der Waals surface area contributed by atoms with Crippen LogP contribution in [0.3, 0.4) is 0 Å². The summed E-state index contributed by atoms with van der Waals surface area (Å²) in [6.45, 7) is 5.49. The van der Waals surface area contributed by atoms with E-state index in [1.807, 2.05) is 19.1 Å². The molecule has 2 nitrogen and oxygen atoms in total. The Bertz CT molecular complexity index is 305. The Labute approximate surface area is 78.5 Å². The number of hydrogen-bond acceptors (Lipinski definition) is 2. The summed E-state index contributed by atoms with van der Waals surface area (Å²) in [7, 11) is 1.61. The maximum absolute atomic E-state index is 9.50. The van der Waals surface area contributed by atoms with Crippen molar-refractivity contribution in [3.8, 4) is 5.75 Å². The van der Waals surface area contributed by atoms with Crippen molar-refractivity contribution < 1.29 is 9.84 Å². The number of aliphatic hydroxyl groups is 1. The van der Waals surface area contributed by atoms with Crippen LogP contribution in [-0.4, -0.2) is 12.2 Å². The van der Waals surface area contributed by atoms with Crippen LogP contribution >= 0.6 is 0 Å². The van der Waals surface area contributed by atoms with Crippen molar-refractivity contribution in [2.75, 3.05) is 7.11 Å². The Morgan fingerprint density at radius 2 is 2.15 bits per heavy atom. The molecule has 70 valence electrons. The molecule has 0 aromatic heterocycles. The van der Waals surface area contributed by atoms with Crippen LogP contribution in [0.4, 0.5) is 0 Å². The molecular weight excluding hydrogens is 164 g/mol. The molecule has 1 unspecified atom stereocenters. The first-order valence-electron chi connectivity index (χ1n) is 4.13. The second-order valence-electron chi connectivity index (χ2n) is 2.96. The number of ether oxygens (including phenoxy) is 1. The van der Waals surface area contributed by atoms with Crippen molar-refractivity contribution in [2.45, 2.75) is 13.0 Å². The number of methoxy groups -OCH3 is 1. The lowest BCUT2D eigenvalue weighted by molar-refractivity contribution is 0.228. The molecule has 0 aliphatic heterocycles. The fourth-order valence-corrected chi connectivity index (χ4v) is 1.20. The summed E-state index contributed by atoms with van der Waals surface area (Å²) in [5, 5.41) is 9.50. The molecular formula is C11H14O2. The van der Waals surface area contributed by atoms with Gasteiger partial charge in [0, 0.05) is 0 Å². The molecule has 0 heterocycles. The maximum atomic E-state index is 9.50. The van der Waals surface area contributed by atoms with Crippen LogP contribution in [0, 0.1) is 6.92 Å². The third-order valence-corrected chi connectivity index (χ3v) is 1.87. The summed E-state index contributed by atoms with van der Waals surface area (Å²) in [6.07, 6.45) is 0.877. The lowest BCUT2D eigenvalue weighted by atomic mass is 10.1. The number of aryl methyl sites for hydroxylation is 1. The predicted molar refractivity (Wildman–Crippen MR) is 52.9 cm³/mol. The SMILES string of the molecule is C=CC(O)c1cc(C)cc(OC)c1. The second-order valence-corrected chi connectivity index (χ2v) is 2.96. The Morgan fingerprint density at radius 1 is 1.46 bits per heavy atom. The van der Waals surface area contributed by atoms with Crippen LogP contribution in [0.15, 0.2) is 30.9 Å². The first kappa shape index (κ1) is 9.81. The minimum Gasteiger partial charge on any atom is -0.497 e. The second kappa shape index (κ2) is 4.10. The number of hydrogen-bond donors (Lipinski definition) is 1. The monoisotopic (exact) mass is 178 g/mol. The molecule has 1 rings (SSSR count). The summed E-state index contributed by atoms with van der Waals surface area (Å²) in [4.78, 5) is 0.